The highest BCUT2D eigenvalue weighted by Gasteiger charge is 2.23. The molecule has 0 spiro atoms. The van der Waals surface area contributed by atoms with Crippen LogP contribution in [0.1, 0.15) is 5.56 Å². The summed E-state index contributed by atoms with van der Waals surface area (Å²) < 4.78 is 4.74. The maximum absolute atomic E-state index is 10.9. The van der Waals surface area contributed by atoms with Crippen LogP contribution in [-0.2, 0) is 0 Å². The number of nitro benzene ring substituents is 1. The maximum Gasteiger partial charge on any atom is 0.332 e. The molecule has 4 N–H and O–H groups in total. The van der Waals surface area contributed by atoms with Crippen LogP contribution >= 0.6 is 0 Å². The number of amides is 2. The Morgan fingerprint density at radius 2 is 2.33 bits per heavy atom. The zero-order valence-corrected chi connectivity index (χ0v) is 9.28. The number of carbonyl (C=O) groups is 1. The van der Waals surface area contributed by atoms with Crippen molar-refractivity contribution in [2.24, 2.45) is 10.8 Å². The first kappa shape index (κ1) is 13.2. The lowest BCUT2D eigenvalue weighted by Crippen LogP contribution is -2.24. The van der Waals surface area contributed by atoms with Crippen molar-refractivity contribution in [3.05, 3.63) is 27.8 Å². The molecule has 1 aromatic carbocycles. The number of nitrogens with one attached hydrogen (secondary N) is 1. The second-order valence-corrected chi connectivity index (χ2v) is 3.05. The van der Waals surface area contributed by atoms with E-state index in [2.05, 4.69) is 5.10 Å². The average Bonchev–Trinajstić information content (AvgIpc) is 2.29. The van der Waals surface area contributed by atoms with Crippen LogP contribution in [0, 0.1) is 10.1 Å². The molecule has 1 aromatic rings. The van der Waals surface area contributed by atoms with Crippen molar-refractivity contribution < 1.29 is 19.6 Å². The Balaban J connectivity index is 3.23. The number of hydrogen-bond donors (Lipinski definition) is 3. The first-order valence-corrected chi connectivity index (χ1v) is 4.60. The summed E-state index contributed by atoms with van der Waals surface area (Å²) in [7, 11) is 1.19. The summed E-state index contributed by atoms with van der Waals surface area (Å²) in [6.07, 6.45) is 1.02. The number of ether oxygens (including phenoxy) is 1. The zero-order valence-electron chi connectivity index (χ0n) is 9.28. The van der Waals surface area contributed by atoms with Gasteiger partial charge in [-0.05, 0) is 12.1 Å². The van der Waals surface area contributed by atoms with Crippen LogP contribution in [0.25, 0.3) is 0 Å². The van der Waals surface area contributed by atoms with Gasteiger partial charge in [-0.3, -0.25) is 10.1 Å². The number of nitrogens with zero attached hydrogens (tertiary/aromatic N) is 2. The molecule has 0 radical (unpaired) electrons. The molecule has 0 saturated carbocycles. The molecule has 0 heterocycles. The number of benzene rings is 1. The molecule has 0 atom stereocenters. The smallest absolute Gasteiger partial charge is 0.332 e. The van der Waals surface area contributed by atoms with Gasteiger partial charge in [0.1, 0.15) is 0 Å². The van der Waals surface area contributed by atoms with Gasteiger partial charge in [0.15, 0.2) is 5.75 Å². The minimum atomic E-state index is -0.903. The monoisotopic (exact) mass is 254 g/mol. The van der Waals surface area contributed by atoms with E-state index in [-0.39, 0.29) is 17.1 Å². The van der Waals surface area contributed by atoms with E-state index >= 15 is 0 Å². The Hall–Kier alpha value is -2.84. The highest BCUT2D eigenvalue weighted by Crippen LogP contribution is 2.37. The quantitative estimate of drug-likeness (QED) is 0.403. The van der Waals surface area contributed by atoms with Gasteiger partial charge in [0.2, 0.25) is 5.75 Å². The van der Waals surface area contributed by atoms with Crippen molar-refractivity contribution in [3.8, 4) is 11.5 Å². The van der Waals surface area contributed by atoms with Crippen molar-refractivity contribution in [1.82, 2.24) is 5.43 Å². The third-order valence-corrected chi connectivity index (χ3v) is 1.91. The number of primary amides is 1. The number of aromatic hydroxyl groups is 1. The summed E-state index contributed by atoms with van der Waals surface area (Å²) in [6.45, 7) is 0. The summed E-state index contributed by atoms with van der Waals surface area (Å²) in [5, 5.41) is 23.7. The predicted molar refractivity (Wildman–Crippen MR) is 61.6 cm³/mol. The molecule has 2 amide bonds. The predicted octanol–water partition coefficient (Wildman–Crippen LogP) is 0.311. The van der Waals surface area contributed by atoms with Crippen molar-refractivity contribution in [2.75, 3.05) is 7.11 Å². The lowest BCUT2D eigenvalue weighted by molar-refractivity contribution is -0.386. The van der Waals surface area contributed by atoms with Gasteiger partial charge in [-0.15, -0.1) is 0 Å². The van der Waals surface area contributed by atoms with E-state index < -0.39 is 16.6 Å². The normalized spacial score (nSPS) is 10.3. The zero-order chi connectivity index (χ0) is 13.7. The number of rotatable bonds is 4. The molecule has 0 aliphatic carbocycles. The standard InChI is InChI=1S/C9H10N4O5/c1-18-8-6(14)3-2-5(7(8)13(16)17)4-11-12-9(10)15/h2-4,14H,1H3,(H3,10,12,15). The minimum Gasteiger partial charge on any atom is -0.504 e. The highest BCUT2D eigenvalue weighted by molar-refractivity contribution is 5.89. The summed E-state index contributed by atoms with van der Waals surface area (Å²) in [6, 6.07) is 1.55. The number of hydrazone groups is 1. The van der Waals surface area contributed by atoms with E-state index in [0.29, 0.717) is 0 Å². The molecule has 18 heavy (non-hydrogen) atoms. The molecule has 9 heteroatoms. The van der Waals surface area contributed by atoms with Crippen LogP contribution in [0.2, 0.25) is 0 Å². The van der Waals surface area contributed by atoms with Gasteiger partial charge < -0.3 is 15.6 Å². The topological polar surface area (TPSA) is 140 Å². The fourth-order valence-electron chi connectivity index (χ4n) is 1.23. The van der Waals surface area contributed by atoms with E-state index in [9.17, 15) is 20.0 Å². The number of carbonyl (C=O) groups excluding carboxylic acids is 1. The first-order valence-electron chi connectivity index (χ1n) is 4.60. The molecule has 9 nitrogen and oxygen atoms in total. The molecule has 0 unspecified atom stereocenters. The van der Waals surface area contributed by atoms with E-state index in [1.807, 2.05) is 5.43 Å². The molecule has 0 aliphatic heterocycles. The van der Waals surface area contributed by atoms with Crippen molar-refractivity contribution in [2.45, 2.75) is 0 Å². The van der Waals surface area contributed by atoms with Gasteiger partial charge in [-0.25, -0.2) is 10.2 Å². The first-order chi connectivity index (χ1) is 8.47. The fraction of sp³-hybridized carbons (Fsp3) is 0.111. The van der Waals surface area contributed by atoms with Gasteiger partial charge in [-0.2, -0.15) is 5.10 Å². The summed E-state index contributed by atoms with van der Waals surface area (Å²) in [5.74, 6) is -0.660. The Bertz CT molecular complexity index is 514. The van der Waals surface area contributed by atoms with Gasteiger partial charge in [0.05, 0.1) is 23.8 Å². The van der Waals surface area contributed by atoms with Crippen LogP contribution < -0.4 is 15.9 Å². The molecular weight excluding hydrogens is 244 g/mol. The Morgan fingerprint density at radius 1 is 1.67 bits per heavy atom. The summed E-state index contributed by atoms with van der Waals surface area (Å²) >= 11 is 0. The van der Waals surface area contributed by atoms with Crippen LogP contribution in [-0.4, -0.2) is 29.4 Å². The molecule has 0 aromatic heterocycles. The minimum absolute atomic E-state index is 0.0448. The number of methoxy groups -OCH3 is 1. The molecule has 1 rings (SSSR count). The fourth-order valence-corrected chi connectivity index (χ4v) is 1.23. The van der Waals surface area contributed by atoms with Crippen LogP contribution in [0.5, 0.6) is 11.5 Å². The number of nitrogens with two attached hydrogens (primary N) is 1. The number of phenols is 1. The van der Waals surface area contributed by atoms with Crippen LogP contribution in [0.15, 0.2) is 17.2 Å². The van der Waals surface area contributed by atoms with E-state index in [1.54, 1.807) is 0 Å². The van der Waals surface area contributed by atoms with E-state index in [1.165, 1.54) is 19.2 Å². The molecule has 96 valence electrons. The Labute approximate surface area is 101 Å². The lowest BCUT2D eigenvalue weighted by Gasteiger charge is -2.05. The average molecular weight is 254 g/mol. The van der Waals surface area contributed by atoms with Gasteiger partial charge in [0.25, 0.3) is 0 Å². The number of phenolic OH excluding ortho intramolecular Hbond substituents is 1. The van der Waals surface area contributed by atoms with Gasteiger partial charge in [-0.1, -0.05) is 0 Å². The van der Waals surface area contributed by atoms with Crippen molar-refractivity contribution in [1.29, 1.82) is 0 Å². The second-order valence-electron chi connectivity index (χ2n) is 3.05. The van der Waals surface area contributed by atoms with Crippen molar-refractivity contribution >= 4 is 17.9 Å². The van der Waals surface area contributed by atoms with Crippen LogP contribution in [0.3, 0.4) is 0 Å². The Kier molecular flexibility index (Phi) is 4.02. The Morgan fingerprint density at radius 3 is 2.83 bits per heavy atom. The van der Waals surface area contributed by atoms with Gasteiger partial charge in [0, 0.05) is 0 Å². The molecule has 0 aliphatic rings. The molecular formula is C9H10N4O5. The molecule has 0 bridgehead atoms. The van der Waals surface area contributed by atoms with Crippen LogP contribution in [0.4, 0.5) is 10.5 Å². The molecule has 0 fully saturated rings. The third kappa shape index (κ3) is 2.84. The van der Waals surface area contributed by atoms with Gasteiger partial charge >= 0.3 is 11.7 Å². The number of hydrogen-bond acceptors (Lipinski definition) is 6. The second kappa shape index (κ2) is 5.48. The highest BCUT2D eigenvalue weighted by atomic mass is 16.6. The summed E-state index contributed by atoms with van der Waals surface area (Å²) in [5.41, 5.74) is 6.25. The maximum atomic E-state index is 10.9. The van der Waals surface area contributed by atoms with E-state index in [4.69, 9.17) is 10.5 Å². The number of urea groups is 1. The summed E-state index contributed by atoms with van der Waals surface area (Å²) in [4.78, 5) is 20.5. The van der Waals surface area contributed by atoms with E-state index in [0.717, 1.165) is 6.21 Å². The lowest BCUT2D eigenvalue weighted by atomic mass is 10.1. The number of nitro groups is 1. The van der Waals surface area contributed by atoms with Crippen molar-refractivity contribution in [3.63, 3.8) is 0 Å². The molecule has 0 saturated heterocycles. The largest absolute Gasteiger partial charge is 0.504 e. The third-order valence-electron chi connectivity index (χ3n) is 1.91. The SMILES string of the molecule is COc1c(O)ccc(C=NNC(N)=O)c1[N+](=O)[O-].